The minimum Gasteiger partial charge on any atom is -0.294 e. The number of carbonyl (C=O) groups excluding carboxylic acids is 1. The highest BCUT2D eigenvalue weighted by Crippen LogP contribution is 2.06. The van der Waals surface area contributed by atoms with Gasteiger partial charge in [0.05, 0.1) is 11.3 Å². The molecule has 1 rings (SSSR count). The van der Waals surface area contributed by atoms with Crippen LogP contribution in [0, 0.1) is 6.92 Å². The van der Waals surface area contributed by atoms with E-state index in [0.29, 0.717) is 6.42 Å². The maximum Gasteiger partial charge on any atom is 0.166 e. The van der Waals surface area contributed by atoms with Gasteiger partial charge in [0.1, 0.15) is 0 Å². The minimum absolute atomic E-state index is 0.163. The summed E-state index contributed by atoms with van der Waals surface area (Å²) in [5.41, 5.74) is 1.56. The highest BCUT2D eigenvalue weighted by molar-refractivity contribution is 5.96. The molecule has 0 aliphatic carbocycles. The first-order valence-corrected chi connectivity index (χ1v) is 3.68. The van der Waals surface area contributed by atoms with Crippen LogP contribution in [0.2, 0.25) is 0 Å². The molecule has 11 heavy (non-hydrogen) atoms. The summed E-state index contributed by atoms with van der Waals surface area (Å²) in [6.45, 7) is 3.71. The van der Waals surface area contributed by atoms with Gasteiger partial charge < -0.3 is 0 Å². The van der Waals surface area contributed by atoms with Gasteiger partial charge in [-0.05, 0) is 6.92 Å². The summed E-state index contributed by atoms with van der Waals surface area (Å²) < 4.78 is 1.66. The largest absolute Gasteiger partial charge is 0.294 e. The topological polar surface area (TPSA) is 34.9 Å². The average Bonchev–Trinajstić information content (AvgIpc) is 2.28. The Kier molecular flexibility index (Phi) is 2.08. The molecule has 3 nitrogen and oxygen atoms in total. The number of ketones is 1. The third-order valence-electron chi connectivity index (χ3n) is 1.63. The zero-order valence-corrected chi connectivity index (χ0v) is 7.09. The fourth-order valence-corrected chi connectivity index (χ4v) is 1.06. The van der Waals surface area contributed by atoms with E-state index >= 15 is 0 Å². The van der Waals surface area contributed by atoms with Crippen LogP contribution >= 0.6 is 0 Å². The predicted octanol–water partition coefficient (Wildman–Crippen LogP) is 1.32. The molecule has 1 aromatic rings. The summed E-state index contributed by atoms with van der Waals surface area (Å²) in [5, 5.41) is 4.08. The van der Waals surface area contributed by atoms with Crippen molar-refractivity contribution in [3.63, 3.8) is 0 Å². The first-order chi connectivity index (χ1) is 5.15. The molecule has 0 amide bonds. The van der Waals surface area contributed by atoms with Crippen LogP contribution in [0.1, 0.15) is 29.4 Å². The lowest BCUT2D eigenvalue weighted by atomic mass is 10.1. The van der Waals surface area contributed by atoms with Crippen LogP contribution in [0.3, 0.4) is 0 Å². The van der Waals surface area contributed by atoms with Crippen LogP contribution in [0.25, 0.3) is 0 Å². The molecule has 0 saturated heterocycles. The summed E-state index contributed by atoms with van der Waals surface area (Å²) in [5.74, 6) is 0.163. The zero-order valence-electron chi connectivity index (χ0n) is 7.09. The number of hydrogen-bond acceptors (Lipinski definition) is 2. The summed E-state index contributed by atoms with van der Waals surface area (Å²) >= 11 is 0. The van der Waals surface area contributed by atoms with Crippen LogP contribution in [0.15, 0.2) is 6.20 Å². The lowest BCUT2D eigenvalue weighted by Gasteiger charge is -1.90. The van der Waals surface area contributed by atoms with E-state index in [1.807, 2.05) is 20.9 Å². The third kappa shape index (κ3) is 1.48. The number of nitrogens with zero attached hydrogens (tertiary/aromatic N) is 2. The maximum absolute atomic E-state index is 11.2. The van der Waals surface area contributed by atoms with Gasteiger partial charge >= 0.3 is 0 Å². The Hall–Kier alpha value is -1.12. The van der Waals surface area contributed by atoms with E-state index in [9.17, 15) is 4.79 Å². The van der Waals surface area contributed by atoms with Crippen LogP contribution in [0.4, 0.5) is 0 Å². The van der Waals surface area contributed by atoms with E-state index in [1.165, 1.54) is 0 Å². The maximum atomic E-state index is 11.2. The van der Waals surface area contributed by atoms with Crippen molar-refractivity contribution in [3.8, 4) is 0 Å². The Bertz CT molecular complexity index is 276. The van der Waals surface area contributed by atoms with Gasteiger partial charge in [0.15, 0.2) is 5.78 Å². The van der Waals surface area contributed by atoms with Crippen LogP contribution in [-0.2, 0) is 7.05 Å². The minimum atomic E-state index is 0.163. The van der Waals surface area contributed by atoms with Crippen molar-refractivity contribution < 1.29 is 4.79 Å². The SMILES string of the molecule is CCC(=O)c1cn(C)nc1C. The summed E-state index contributed by atoms with van der Waals surface area (Å²) in [6.07, 6.45) is 2.31. The number of aryl methyl sites for hydroxylation is 2. The van der Waals surface area contributed by atoms with Crippen molar-refractivity contribution >= 4 is 5.78 Å². The van der Waals surface area contributed by atoms with Crippen LogP contribution in [0.5, 0.6) is 0 Å². The fourth-order valence-electron chi connectivity index (χ4n) is 1.06. The summed E-state index contributed by atoms with van der Waals surface area (Å²) in [6, 6.07) is 0. The van der Waals surface area contributed by atoms with Crippen molar-refractivity contribution in [1.29, 1.82) is 0 Å². The van der Waals surface area contributed by atoms with Crippen molar-refractivity contribution in [2.75, 3.05) is 0 Å². The second-order valence-electron chi connectivity index (χ2n) is 2.58. The molecule has 0 N–H and O–H groups in total. The number of rotatable bonds is 2. The molecule has 0 aromatic carbocycles. The molecule has 0 atom stereocenters. The number of Topliss-reactive ketones (excluding diaryl/α,β-unsaturated/α-hetero) is 1. The Balaban J connectivity index is 3.03. The first kappa shape index (κ1) is 7.98. The molecular formula is C8H12N2O. The molecule has 1 aromatic heterocycles. The van der Waals surface area contributed by atoms with E-state index < -0.39 is 0 Å². The van der Waals surface area contributed by atoms with E-state index in [1.54, 1.807) is 10.9 Å². The van der Waals surface area contributed by atoms with Gasteiger partial charge in [-0.2, -0.15) is 5.10 Å². The fraction of sp³-hybridized carbons (Fsp3) is 0.500. The van der Waals surface area contributed by atoms with Gasteiger partial charge in [0, 0.05) is 19.7 Å². The van der Waals surface area contributed by atoms with Crippen molar-refractivity contribution in [2.45, 2.75) is 20.3 Å². The molecule has 1 heterocycles. The molecule has 0 aliphatic rings. The Labute approximate surface area is 66.0 Å². The normalized spacial score (nSPS) is 10.1. The monoisotopic (exact) mass is 152 g/mol. The van der Waals surface area contributed by atoms with Gasteiger partial charge in [0.25, 0.3) is 0 Å². The molecule has 0 spiro atoms. The van der Waals surface area contributed by atoms with Crippen molar-refractivity contribution in [1.82, 2.24) is 9.78 Å². The second-order valence-corrected chi connectivity index (χ2v) is 2.58. The van der Waals surface area contributed by atoms with Gasteiger partial charge in [-0.25, -0.2) is 0 Å². The van der Waals surface area contributed by atoms with E-state index in [0.717, 1.165) is 11.3 Å². The van der Waals surface area contributed by atoms with Gasteiger partial charge in [-0.1, -0.05) is 6.92 Å². The number of carbonyl (C=O) groups is 1. The average molecular weight is 152 g/mol. The van der Waals surface area contributed by atoms with Crippen LogP contribution < -0.4 is 0 Å². The smallest absolute Gasteiger partial charge is 0.166 e. The molecule has 0 unspecified atom stereocenters. The summed E-state index contributed by atoms with van der Waals surface area (Å²) in [4.78, 5) is 11.2. The molecule has 0 bridgehead atoms. The number of hydrogen-bond donors (Lipinski definition) is 0. The molecule has 0 fully saturated rings. The first-order valence-electron chi connectivity index (χ1n) is 3.68. The van der Waals surface area contributed by atoms with Crippen LogP contribution in [-0.4, -0.2) is 15.6 Å². The van der Waals surface area contributed by atoms with Crippen molar-refractivity contribution in [3.05, 3.63) is 17.5 Å². The quantitative estimate of drug-likeness (QED) is 0.599. The molecular weight excluding hydrogens is 140 g/mol. The van der Waals surface area contributed by atoms with E-state index in [2.05, 4.69) is 5.10 Å². The standard InChI is InChI=1S/C8H12N2O/c1-4-8(11)7-5-10(3)9-6(7)2/h5H,4H2,1-3H3. The highest BCUT2D eigenvalue weighted by Gasteiger charge is 2.09. The Morgan fingerprint density at radius 1 is 1.73 bits per heavy atom. The molecule has 0 radical (unpaired) electrons. The van der Waals surface area contributed by atoms with Gasteiger partial charge in [0.2, 0.25) is 0 Å². The van der Waals surface area contributed by atoms with E-state index in [-0.39, 0.29) is 5.78 Å². The second kappa shape index (κ2) is 2.86. The number of aromatic nitrogens is 2. The Morgan fingerprint density at radius 3 is 2.73 bits per heavy atom. The van der Waals surface area contributed by atoms with Gasteiger partial charge in [-0.15, -0.1) is 0 Å². The van der Waals surface area contributed by atoms with Gasteiger partial charge in [-0.3, -0.25) is 9.48 Å². The lowest BCUT2D eigenvalue weighted by molar-refractivity contribution is 0.0987. The molecule has 0 aliphatic heterocycles. The Morgan fingerprint density at radius 2 is 2.36 bits per heavy atom. The predicted molar refractivity (Wildman–Crippen MR) is 42.6 cm³/mol. The summed E-state index contributed by atoms with van der Waals surface area (Å²) in [7, 11) is 1.82. The molecule has 3 heteroatoms. The molecule has 60 valence electrons. The zero-order chi connectivity index (χ0) is 8.43. The molecule has 0 saturated carbocycles. The van der Waals surface area contributed by atoms with E-state index in [4.69, 9.17) is 0 Å². The lowest BCUT2D eigenvalue weighted by Crippen LogP contribution is -1.96. The highest BCUT2D eigenvalue weighted by atomic mass is 16.1. The third-order valence-corrected chi connectivity index (χ3v) is 1.63. The van der Waals surface area contributed by atoms with Crippen molar-refractivity contribution in [2.24, 2.45) is 7.05 Å².